The monoisotopic (exact) mass is 236 g/mol. The Morgan fingerprint density at radius 2 is 2.38 bits per heavy atom. The number of nitrogen functional groups attached to an aromatic ring is 1. The highest BCUT2D eigenvalue weighted by molar-refractivity contribution is 7.99. The number of fused-ring (bicyclic) bond motifs is 1. The summed E-state index contributed by atoms with van der Waals surface area (Å²) in [5, 5.41) is 0.922. The molecule has 5 heteroatoms. The van der Waals surface area contributed by atoms with Crippen molar-refractivity contribution in [1.82, 2.24) is 14.4 Å². The number of hydrogen-bond acceptors (Lipinski definition) is 4. The quantitative estimate of drug-likeness (QED) is 0.828. The third kappa shape index (κ3) is 2.29. The van der Waals surface area contributed by atoms with Gasteiger partial charge in [-0.3, -0.25) is 0 Å². The number of aromatic nitrogens is 3. The summed E-state index contributed by atoms with van der Waals surface area (Å²) in [5.74, 6) is 2.27. The van der Waals surface area contributed by atoms with Crippen LogP contribution in [0.15, 0.2) is 23.6 Å². The number of nitrogens with two attached hydrogens (primary N) is 1. The Morgan fingerprint density at radius 1 is 1.56 bits per heavy atom. The van der Waals surface area contributed by atoms with E-state index < -0.39 is 0 Å². The highest BCUT2D eigenvalue weighted by Crippen LogP contribution is 2.24. The van der Waals surface area contributed by atoms with Gasteiger partial charge in [0.2, 0.25) is 0 Å². The molecule has 0 saturated carbocycles. The molecule has 0 saturated heterocycles. The summed E-state index contributed by atoms with van der Waals surface area (Å²) in [7, 11) is 0. The number of hydrogen-bond donors (Lipinski definition) is 1. The van der Waals surface area contributed by atoms with E-state index in [1.54, 1.807) is 24.2 Å². The second-order valence-corrected chi connectivity index (χ2v) is 4.96. The average Bonchev–Trinajstić information content (AvgIpc) is 2.73. The molecule has 0 radical (unpaired) electrons. The van der Waals surface area contributed by atoms with Crippen LogP contribution in [-0.4, -0.2) is 20.1 Å². The van der Waals surface area contributed by atoms with E-state index in [0.29, 0.717) is 11.7 Å². The standard InChI is InChI=1S/C11H16N4S/c1-3-8(2)7-16-11-10-13-4-5-15(10)6-9(12)14-11/h4-6,8H,3,7,12H2,1-2H3. The smallest absolute Gasteiger partial charge is 0.169 e. The van der Waals surface area contributed by atoms with E-state index in [9.17, 15) is 0 Å². The summed E-state index contributed by atoms with van der Waals surface area (Å²) >= 11 is 1.73. The molecular weight excluding hydrogens is 220 g/mol. The van der Waals surface area contributed by atoms with E-state index in [-0.39, 0.29) is 0 Å². The Labute approximate surface area is 99.3 Å². The lowest BCUT2D eigenvalue weighted by Crippen LogP contribution is -2.00. The molecule has 2 N–H and O–H groups in total. The molecule has 86 valence electrons. The minimum Gasteiger partial charge on any atom is -0.382 e. The van der Waals surface area contributed by atoms with Gasteiger partial charge in [0.05, 0.1) is 6.20 Å². The number of nitrogens with zero attached hydrogens (tertiary/aromatic N) is 3. The van der Waals surface area contributed by atoms with Gasteiger partial charge in [0.1, 0.15) is 10.8 Å². The summed E-state index contributed by atoms with van der Waals surface area (Å²) in [5.41, 5.74) is 6.64. The topological polar surface area (TPSA) is 56.2 Å². The lowest BCUT2D eigenvalue weighted by molar-refractivity contribution is 0.636. The van der Waals surface area contributed by atoms with Crippen LogP contribution in [0.3, 0.4) is 0 Å². The minimum absolute atomic E-state index is 0.539. The molecule has 4 nitrogen and oxygen atoms in total. The van der Waals surface area contributed by atoms with Crippen molar-refractivity contribution >= 4 is 23.2 Å². The van der Waals surface area contributed by atoms with Crippen molar-refractivity contribution in [3.05, 3.63) is 18.6 Å². The molecule has 2 aromatic rings. The summed E-state index contributed by atoms with van der Waals surface area (Å²) in [6, 6.07) is 0. The predicted octanol–water partition coefficient (Wildman–Crippen LogP) is 2.45. The molecule has 16 heavy (non-hydrogen) atoms. The van der Waals surface area contributed by atoms with Crippen molar-refractivity contribution in [1.29, 1.82) is 0 Å². The SMILES string of the molecule is CCC(C)CSc1nc(N)cn2ccnc12. The van der Waals surface area contributed by atoms with Gasteiger partial charge < -0.3 is 10.1 Å². The fourth-order valence-electron chi connectivity index (χ4n) is 1.36. The molecule has 2 rings (SSSR count). The summed E-state index contributed by atoms with van der Waals surface area (Å²) in [6.07, 6.45) is 6.63. The Bertz CT molecular complexity index is 480. The van der Waals surface area contributed by atoms with Crippen LogP contribution in [0.2, 0.25) is 0 Å². The predicted molar refractivity (Wildman–Crippen MR) is 67.6 cm³/mol. The fraction of sp³-hybridized carbons (Fsp3) is 0.455. The number of thioether (sulfide) groups is 1. The van der Waals surface area contributed by atoms with Crippen LogP contribution in [0, 0.1) is 5.92 Å². The molecule has 0 fully saturated rings. The number of imidazole rings is 1. The largest absolute Gasteiger partial charge is 0.382 e. The highest BCUT2D eigenvalue weighted by Gasteiger charge is 2.08. The molecular formula is C11H16N4S. The average molecular weight is 236 g/mol. The number of rotatable bonds is 4. The zero-order valence-corrected chi connectivity index (χ0v) is 10.4. The zero-order chi connectivity index (χ0) is 11.5. The maximum Gasteiger partial charge on any atom is 0.169 e. The lowest BCUT2D eigenvalue weighted by Gasteiger charge is -2.08. The van der Waals surface area contributed by atoms with Gasteiger partial charge in [-0.15, -0.1) is 11.8 Å². The van der Waals surface area contributed by atoms with Crippen LogP contribution >= 0.6 is 11.8 Å². The van der Waals surface area contributed by atoms with E-state index >= 15 is 0 Å². The molecule has 0 aliphatic carbocycles. The third-order valence-electron chi connectivity index (χ3n) is 2.56. The van der Waals surface area contributed by atoms with Gasteiger partial charge in [0.25, 0.3) is 0 Å². The van der Waals surface area contributed by atoms with Crippen molar-refractivity contribution in [3.63, 3.8) is 0 Å². The second-order valence-electron chi connectivity index (χ2n) is 3.95. The van der Waals surface area contributed by atoms with Crippen LogP contribution in [-0.2, 0) is 0 Å². The van der Waals surface area contributed by atoms with Crippen LogP contribution in [0.5, 0.6) is 0 Å². The molecule has 1 unspecified atom stereocenters. The van der Waals surface area contributed by atoms with Gasteiger partial charge >= 0.3 is 0 Å². The lowest BCUT2D eigenvalue weighted by atomic mass is 10.2. The van der Waals surface area contributed by atoms with Crippen molar-refractivity contribution in [3.8, 4) is 0 Å². The van der Waals surface area contributed by atoms with Gasteiger partial charge in [-0.1, -0.05) is 20.3 Å². The maximum absolute atomic E-state index is 5.75. The first-order chi connectivity index (χ1) is 7.70. The van der Waals surface area contributed by atoms with Gasteiger partial charge in [-0.2, -0.15) is 0 Å². The van der Waals surface area contributed by atoms with Crippen LogP contribution in [0.4, 0.5) is 5.82 Å². The van der Waals surface area contributed by atoms with Crippen molar-refractivity contribution in [2.45, 2.75) is 25.3 Å². The van der Waals surface area contributed by atoms with Gasteiger partial charge in [0, 0.05) is 18.1 Å². The summed E-state index contributed by atoms with van der Waals surface area (Å²) in [4.78, 5) is 8.62. The van der Waals surface area contributed by atoms with Gasteiger partial charge in [-0.25, -0.2) is 9.97 Å². The first-order valence-electron chi connectivity index (χ1n) is 5.42. The molecule has 1 atom stereocenters. The molecule has 0 aromatic carbocycles. The van der Waals surface area contributed by atoms with E-state index in [1.165, 1.54) is 6.42 Å². The van der Waals surface area contributed by atoms with Crippen molar-refractivity contribution in [2.24, 2.45) is 5.92 Å². The molecule has 2 aromatic heterocycles. The Kier molecular flexibility index (Phi) is 3.33. The van der Waals surface area contributed by atoms with Crippen molar-refractivity contribution in [2.75, 3.05) is 11.5 Å². The molecule has 0 aliphatic heterocycles. The van der Waals surface area contributed by atoms with E-state index in [4.69, 9.17) is 5.73 Å². The fourth-order valence-corrected chi connectivity index (χ4v) is 2.49. The summed E-state index contributed by atoms with van der Waals surface area (Å²) in [6.45, 7) is 4.44. The molecule has 2 heterocycles. The van der Waals surface area contributed by atoms with E-state index in [1.807, 2.05) is 10.6 Å². The first kappa shape index (κ1) is 11.3. The highest BCUT2D eigenvalue weighted by atomic mass is 32.2. The molecule has 0 spiro atoms. The number of anilines is 1. The van der Waals surface area contributed by atoms with Gasteiger partial charge in [0.15, 0.2) is 5.65 Å². The molecule has 0 bridgehead atoms. The third-order valence-corrected chi connectivity index (χ3v) is 3.85. The normalized spacial score (nSPS) is 13.1. The molecule has 0 amide bonds. The Morgan fingerprint density at radius 3 is 3.12 bits per heavy atom. The van der Waals surface area contributed by atoms with Crippen LogP contribution in [0.1, 0.15) is 20.3 Å². The van der Waals surface area contributed by atoms with E-state index in [2.05, 4.69) is 23.8 Å². The molecule has 0 aliphatic rings. The van der Waals surface area contributed by atoms with Crippen LogP contribution < -0.4 is 5.73 Å². The zero-order valence-electron chi connectivity index (χ0n) is 9.55. The van der Waals surface area contributed by atoms with Crippen LogP contribution in [0.25, 0.3) is 5.65 Å². The first-order valence-corrected chi connectivity index (χ1v) is 6.41. The van der Waals surface area contributed by atoms with E-state index in [0.717, 1.165) is 16.4 Å². The Balaban J connectivity index is 2.25. The minimum atomic E-state index is 0.539. The van der Waals surface area contributed by atoms with Gasteiger partial charge in [-0.05, 0) is 5.92 Å². The van der Waals surface area contributed by atoms with Crippen molar-refractivity contribution < 1.29 is 0 Å². The maximum atomic E-state index is 5.75. The second kappa shape index (κ2) is 4.74. The Hall–Kier alpha value is -1.23. The summed E-state index contributed by atoms with van der Waals surface area (Å²) < 4.78 is 1.92.